The van der Waals surface area contributed by atoms with Crippen LogP contribution in [0.3, 0.4) is 0 Å². The molecule has 0 spiro atoms. The highest BCUT2D eigenvalue weighted by Crippen LogP contribution is 2.68. The average molecular weight is 380 g/mol. The van der Waals surface area contributed by atoms with E-state index in [1.165, 1.54) is 0 Å². The molecule has 26 heavy (non-hydrogen) atoms. The summed E-state index contributed by atoms with van der Waals surface area (Å²) in [5.74, 6) is -23.0. The Morgan fingerprint density at radius 2 is 0.808 bits per heavy atom. The van der Waals surface area contributed by atoms with Crippen LogP contribution >= 0.6 is 0 Å². The maximum absolute atomic E-state index is 14.7. The number of phenolic OH excluding ortho intramolecular Hbond substituents is 2. The first-order valence-electron chi connectivity index (χ1n) is 7.04. The van der Waals surface area contributed by atoms with E-state index in [1.54, 1.807) is 0 Å². The Hall–Kier alpha value is -2.78. The van der Waals surface area contributed by atoms with Gasteiger partial charge in [0.05, 0.1) is 0 Å². The lowest BCUT2D eigenvalue weighted by molar-refractivity contribution is -0.527. The van der Waals surface area contributed by atoms with E-state index in [1.807, 2.05) is 0 Å². The summed E-state index contributed by atoms with van der Waals surface area (Å²) in [5, 5.41) is 18.2. The summed E-state index contributed by atoms with van der Waals surface area (Å²) in [6, 6.07) is 6.72. The number of ether oxygens (including phenoxy) is 2. The molecule has 0 saturated heterocycles. The maximum Gasteiger partial charge on any atom is 0.395 e. The molecule has 1 fully saturated rings. The highest BCUT2D eigenvalue weighted by atomic mass is 19.3. The van der Waals surface area contributed by atoms with Gasteiger partial charge in [-0.1, -0.05) is 0 Å². The molecule has 1 aliphatic carbocycles. The van der Waals surface area contributed by atoms with Gasteiger partial charge in [0.1, 0.15) is 23.0 Å². The summed E-state index contributed by atoms with van der Waals surface area (Å²) in [6.07, 6.45) is 0. The summed E-state index contributed by atoms with van der Waals surface area (Å²) in [6.45, 7) is 0. The largest absolute Gasteiger partial charge is 0.508 e. The van der Waals surface area contributed by atoms with Crippen LogP contribution in [0.25, 0.3) is 0 Å². The van der Waals surface area contributed by atoms with Crippen LogP contribution in [0, 0.1) is 0 Å². The van der Waals surface area contributed by atoms with Crippen LogP contribution in [-0.4, -0.2) is 33.8 Å². The Kier molecular flexibility index (Phi) is 3.71. The van der Waals surface area contributed by atoms with Crippen molar-refractivity contribution in [2.45, 2.75) is 23.6 Å². The molecule has 0 amide bonds. The van der Waals surface area contributed by atoms with Crippen molar-refractivity contribution in [3.05, 3.63) is 48.5 Å². The van der Waals surface area contributed by atoms with Crippen LogP contribution < -0.4 is 9.47 Å². The van der Waals surface area contributed by atoms with Crippen molar-refractivity contribution in [1.29, 1.82) is 0 Å². The third-order valence-electron chi connectivity index (χ3n) is 3.81. The van der Waals surface area contributed by atoms with Gasteiger partial charge >= 0.3 is 23.6 Å². The predicted molar refractivity (Wildman–Crippen MR) is 75.0 cm³/mol. The molecule has 1 saturated carbocycles. The summed E-state index contributed by atoms with van der Waals surface area (Å²) in [4.78, 5) is 0. The second-order valence-corrected chi connectivity index (χ2v) is 5.53. The molecule has 4 nitrogen and oxygen atoms in total. The number of benzene rings is 2. The molecule has 2 N–H and O–H groups in total. The molecular formula is C16H10F6O4. The fraction of sp³-hybridized carbons (Fsp3) is 0.250. The van der Waals surface area contributed by atoms with Crippen LogP contribution in [0.15, 0.2) is 48.5 Å². The molecule has 0 unspecified atom stereocenters. The lowest BCUT2D eigenvalue weighted by Gasteiger charge is -2.55. The smallest absolute Gasteiger partial charge is 0.395 e. The Bertz CT molecular complexity index is 741. The quantitative estimate of drug-likeness (QED) is 0.782. The van der Waals surface area contributed by atoms with Crippen LogP contribution in [-0.2, 0) is 0 Å². The lowest BCUT2D eigenvalue weighted by Crippen LogP contribution is -2.89. The molecule has 140 valence electrons. The fourth-order valence-corrected chi connectivity index (χ4v) is 2.36. The van der Waals surface area contributed by atoms with Crippen molar-refractivity contribution in [3.63, 3.8) is 0 Å². The van der Waals surface area contributed by atoms with Crippen molar-refractivity contribution in [1.82, 2.24) is 0 Å². The Labute approximate surface area is 142 Å². The normalized spacial score (nSPS) is 28.8. The average Bonchev–Trinajstić information content (AvgIpc) is 2.58. The zero-order valence-electron chi connectivity index (χ0n) is 12.6. The topological polar surface area (TPSA) is 58.9 Å². The Morgan fingerprint density at radius 1 is 0.538 bits per heavy atom. The van der Waals surface area contributed by atoms with Gasteiger partial charge in [-0.2, -0.15) is 26.3 Å². The number of phenols is 2. The summed E-state index contributed by atoms with van der Waals surface area (Å²) in [7, 11) is 0. The molecule has 2 aromatic rings. The molecule has 0 heterocycles. The first-order chi connectivity index (χ1) is 11.9. The van der Waals surface area contributed by atoms with Crippen molar-refractivity contribution in [2.24, 2.45) is 0 Å². The van der Waals surface area contributed by atoms with Gasteiger partial charge < -0.3 is 19.7 Å². The van der Waals surface area contributed by atoms with Gasteiger partial charge in [0, 0.05) is 0 Å². The van der Waals surface area contributed by atoms with E-state index in [4.69, 9.17) is 10.2 Å². The van der Waals surface area contributed by atoms with Gasteiger partial charge in [-0.25, -0.2) is 0 Å². The molecule has 0 bridgehead atoms. The molecule has 2 aromatic carbocycles. The number of rotatable bonds is 4. The number of hydrogen-bond acceptors (Lipinski definition) is 4. The summed E-state index contributed by atoms with van der Waals surface area (Å²) >= 11 is 0. The van der Waals surface area contributed by atoms with E-state index in [-0.39, 0.29) is 11.5 Å². The second-order valence-electron chi connectivity index (χ2n) is 5.53. The number of aromatic hydroxyl groups is 2. The van der Waals surface area contributed by atoms with E-state index in [2.05, 4.69) is 9.47 Å². The minimum Gasteiger partial charge on any atom is -0.508 e. The van der Waals surface area contributed by atoms with Crippen LogP contribution in [0.1, 0.15) is 0 Å². The number of alkyl halides is 6. The zero-order chi connectivity index (χ0) is 19.4. The van der Waals surface area contributed by atoms with Crippen molar-refractivity contribution in [2.75, 3.05) is 0 Å². The zero-order valence-corrected chi connectivity index (χ0v) is 12.6. The standard InChI is InChI=1S/C16H10F6O4/c17-13(18)14(19,20)16(22,26-12-7-3-10(24)4-8-12)15(13,21)25-11-5-1-9(23)2-6-11/h1-8,23-24H/t15-,16+. The summed E-state index contributed by atoms with van der Waals surface area (Å²) < 4.78 is 92.8. The molecule has 0 radical (unpaired) electrons. The molecule has 0 aliphatic heterocycles. The van der Waals surface area contributed by atoms with E-state index in [0.717, 1.165) is 48.5 Å². The van der Waals surface area contributed by atoms with E-state index in [0.29, 0.717) is 0 Å². The van der Waals surface area contributed by atoms with Crippen LogP contribution in [0.2, 0.25) is 0 Å². The first kappa shape index (κ1) is 18.0. The van der Waals surface area contributed by atoms with Gasteiger partial charge in [0.2, 0.25) is 0 Å². The predicted octanol–water partition coefficient (Wildman–Crippen LogP) is 4.17. The number of halogens is 6. The molecule has 3 rings (SSSR count). The van der Waals surface area contributed by atoms with E-state index >= 15 is 0 Å². The highest BCUT2D eigenvalue weighted by Gasteiger charge is 3.03. The van der Waals surface area contributed by atoms with Gasteiger partial charge in [-0.3, -0.25) is 0 Å². The molecule has 1 aliphatic rings. The maximum atomic E-state index is 14.7. The van der Waals surface area contributed by atoms with Gasteiger partial charge in [-0.15, -0.1) is 0 Å². The van der Waals surface area contributed by atoms with Gasteiger partial charge in [0.15, 0.2) is 0 Å². The fourth-order valence-electron chi connectivity index (χ4n) is 2.36. The van der Waals surface area contributed by atoms with E-state index < -0.39 is 35.1 Å². The Balaban J connectivity index is 1.99. The monoisotopic (exact) mass is 380 g/mol. The Morgan fingerprint density at radius 3 is 1.08 bits per heavy atom. The lowest BCUT2D eigenvalue weighted by atomic mass is 9.76. The SMILES string of the molecule is Oc1ccc(O[C@@]2(F)C(F)(F)C(F)(F)[C@@]2(F)Oc2ccc(O)cc2)cc1. The van der Waals surface area contributed by atoms with E-state index in [9.17, 15) is 26.3 Å². The second kappa shape index (κ2) is 5.36. The third-order valence-corrected chi connectivity index (χ3v) is 3.81. The molecule has 0 aromatic heterocycles. The molecule has 10 heteroatoms. The first-order valence-corrected chi connectivity index (χ1v) is 7.04. The summed E-state index contributed by atoms with van der Waals surface area (Å²) in [5.41, 5.74) is 0. The van der Waals surface area contributed by atoms with Gasteiger partial charge in [-0.05, 0) is 48.5 Å². The molecular weight excluding hydrogens is 370 g/mol. The van der Waals surface area contributed by atoms with Gasteiger partial charge in [0.25, 0.3) is 0 Å². The minimum absolute atomic E-state index is 0.345. The minimum atomic E-state index is -5.55. The highest BCUT2D eigenvalue weighted by molar-refractivity contribution is 5.36. The van der Waals surface area contributed by atoms with Crippen molar-refractivity contribution >= 4 is 0 Å². The van der Waals surface area contributed by atoms with Crippen molar-refractivity contribution in [3.8, 4) is 23.0 Å². The van der Waals surface area contributed by atoms with Crippen molar-refractivity contribution < 1.29 is 46.0 Å². The van der Waals surface area contributed by atoms with Crippen LogP contribution in [0.4, 0.5) is 26.3 Å². The molecule has 2 atom stereocenters. The third kappa shape index (κ3) is 2.17. The van der Waals surface area contributed by atoms with Crippen LogP contribution in [0.5, 0.6) is 23.0 Å². The number of hydrogen-bond donors (Lipinski definition) is 2.